The third-order valence-electron chi connectivity index (χ3n) is 1.93. The molecule has 11 heavy (non-hydrogen) atoms. The van der Waals surface area contributed by atoms with Crippen molar-refractivity contribution in [2.75, 3.05) is 20.7 Å². The third-order valence-corrected chi connectivity index (χ3v) is 1.93. The summed E-state index contributed by atoms with van der Waals surface area (Å²) in [4.78, 5) is 1.84. The van der Waals surface area contributed by atoms with Crippen LogP contribution in [0.25, 0.3) is 0 Å². The van der Waals surface area contributed by atoms with E-state index in [2.05, 4.69) is 0 Å². The fourth-order valence-corrected chi connectivity index (χ4v) is 1.02. The monoisotopic (exact) mass is 161 g/mol. The van der Waals surface area contributed by atoms with Gasteiger partial charge in [0.15, 0.2) is 0 Å². The van der Waals surface area contributed by atoms with E-state index < -0.39 is 6.10 Å². The molecule has 0 rings (SSSR count). The Kier molecular flexibility index (Phi) is 4.65. The van der Waals surface area contributed by atoms with Crippen molar-refractivity contribution in [1.82, 2.24) is 4.90 Å². The molecule has 3 heteroatoms. The van der Waals surface area contributed by atoms with Gasteiger partial charge < -0.3 is 15.1 Å². The highest BCUT2D eigenvalue weighted by Crippen LogP contribution is 2.09. The highest BCUT2D eigenvalue weighted by Gasteiger charge is 2.22. The maximum atomic E-state index is 9.55. The van der Waals surface area contributed by atoms with E-state index in [1.54, 1.807) is 0 Å². The molecule has 0 aromatic rings. The largest absolute Gasteiger partial charge is 0.395 e. The van der Waals surface area contributed by atoms with Crippen LogP contribution in [-0.2, 0) is 0 Å². The molecule has 0 aromatic carbocycles. The summed E-state index contributed by atoms with van der Waals surface area (Å²) < 4.78 is 0. The Balaban J connectivity index is 4.02. The molecule has 2 atom stereocenters. The standard InChI is InChI=1S/C8H19NO2/c1-6(2)8(11)7(5-10)9(3)4/h6-8,10-11H,5H2,1-4H3. The van der Waals surface area contributed by atoms with Gasteiger partial charge in [0.2, 0.25) is 0 Å². The van der Waals surface area contributed by atoms with Gasteiger partial charge in [-0.15, -0.1) is 0 Å². The number of hydrogen-bond acceptors (Lipinski definition) is 3. The Morgan fingerprint density at radius 3 is 1.82 bits per heavy atom. The molecule has 0 heterocycles. The lowest BCUT2D eigenvalue weighted by molar-refractivity contribution is 0.0124. The molecule has 0 aliphatic heterocycles. The molecule has 0 amide bonds. The van der Waals surface area contributed by atoms with Gasteiger partial charge >= 0.3 is 0 Å². The summed E-state index contributed by atoms with van der Waals surface area (Å²) in [5, 5.41) is 18.5. The van der Waals surface area contributed by atoms with E-state index in [1.165, 1.54) is 0 Å². The van der Waals surface area contributed by atoms with Crippen LogP contribution in [0.5, 0.6) is 0 Å². The lowest BCUT2D eigenvalue weighted by atomic mass is 10.00. The van der Waals surface area contributed by atoms with Crippen LogP contribution in [0.1, 0.15) is 13.8 Å². The number of aliphatic hydroxyl groups excluding tert-OH is 2. The highest BCUT2D eigenvalue weighted by molar-refractivity contribution is 4.76. The van der Waals surface area contributed by atoms with Crippen LogP contribution < -0.4 is 0 Å². The minimum Gasteiger partial charge on any atom is -0.395 e. The van der Waals surface area contributed by atoms with Crippen molar-refractivity contribution in [1.29, 1.82) is 0 Å². The van der Waals surface area contributed by atoms with Crippen molar-refractivity contribution >= 4 is 0 Å². The molecule has 0 aliphatic carbocycles. The molecule has 0 saturated carbocycles. The van der Waals surface area contributed by atoms with Crippen molar-refractivity contribution in [3.8, 4) is 0 Å². The van der Waals surface area contributed by atoms with Gasteiger partial charge in [0.25, 0.3) is 0 Å². The topological polar surface area (TPSA) is 43.7 Å². The Morgan fingerprint density at radius 2 is 1.73 bits per heavy atom. The van der Waals surface area contributed by atoms with Crippen LogP contribution >= 0.6 is 0 Å². The van der Waals surface area contributed by atoms with E-state index >= 15 is 0 Å². The molecule has 0 aromatic heterocycles. The number of rotatable bonds is 4. The molecule has 0 bridgehead atoms. The summed E-state index contributed by atoms with van der Waals surface area (Å²) in [6, 6.07) is -0.144. The van der Waals surface area contributed by atoms with Crippen LogP contribution in [0, 0.1) is 5.92 Å². The molecular formula is C8H19NO2. The zero-order valence-corrected chi connectivity index (χ0v) is 7.78. The van der Waals surface area contributed by atoms with Crippen LogP contribution in [0.4, 0.5) is 0 Å². The van der Waals surface area contributed by atoms with E-state index in [4.69, 9.17) is 5.11 Å². The first-order valence-electron chi connectivity index (χ1n) is 3.96. The molecule has 0 saturated heterocycles. The Labute approximate surface area is 68.6 Å². The first-order chi connectivity index (χ1) is 5.00. The van der Waals surface area contributed by atoms with E-state index in [0.717, 1.165) is 0 Å². The normalized spacial score (nSPS) is 17.5. The summed E-state index contributed by atoms with van der Waals surface area (Å²) in [6.07, 6.45) is -0.449. The summed E-state index contributed by atoms with van der Waals surface area (Å²) in [5.74, 6) is 0.189. The average molecular weight is 161 g/mol. The zero-order chi connectivity index (χ0) is 9.02. The van der Waals surface area contributed by atoms with Gasteiger partial charge in [-0.25, -0.2) is 0 Å². The molecule has 0 spiro atoms. The molecule has 68 valence electrons. The lowest BCUT2D eigenvalue weighted by Crippen LogP contribution is -2.44. The smallest absolute Gasteiger partial charge is 0.0740 e. The maximum absolute atomic E-state index is 9.55. The van der Waals surface area contributed by atoms with Crippen LogP contribution in [0.15, 0.2) is 0 Å². The quantitative estimate of drug-likeness (QED) is 0.606. The van der Waals surface area contributed by atoms with Crippen molar-refractivity contribution in [3.63, 3.8) is 0 Å². The van der Waals surface area contributed by atoms with Crippen LogP contribution in [0.2, 0.25) is 0 Å². The zero-order valence-electron chi connectivity index (χ0n) is 7.78. The second-order valence-electron chi connectivity index (χ2n) is 3.45. The van der Waals surface area contributed by atoms with Gasteiger partial charge in [-0.3, -0.25) is 0 Å². The fourth-order valence-electron chi connectivity index (χ4n) is 1.02. The second-order valence-corrected chi connectivity index (χ2v) is 3.45. The number of hydrogen-bond donors (Lipinski definition) is 2. The van der Waals surface area contributed by atoms with Crippen molar-refractivity contribution in [2.24, 2.45) is 5.92 Å². The molecule has 0 radical (unpaired) electrons. The van der Waals surface area contributed by atoms with E-state index in [0.29, 0.717) is 0 Å². The van der Waals surface area contributed by atoms with Gasteiger partial charge in [0.1, 0.15) is 0 Å². The van der Waals surface area contributed by atoms with Gasteiger partial charge in [-0.2, -0.15) is 0 Å². The maximum Gasteiger partial charge on any atom is 0.0740 e. The Morgan fingerprint density at radius 1 is 1.27 bits per heavy atom. The minimum absolute atomic E-state index is 0.00630. The van der Waals surface area contributed by atoms with Gasteiger partial charge in [0.05, 0.1) is 18.8 Å². The molecular weight excluding hydrogens is 142 g/mol. The van der Waals surface area contributed by atoms with Crippen molar-refractivity contribution in [3.05, 3.63) is 0 Å². The average Bonchev–Trinajstić information content (AvgIpc) is 1.88. The first-order valence-corrected chi connectivity index (χ1v) is 3.96. The van der Waals surface area contributed by atoms with Crippen molar-refractivity contribution < 1.29 is 10.2 Å². The van der Waals surface area contributed by atoms with E-state index in [9.17, 15) is 5.11 Å². The van der Waals surface area contributed by atoms with Gasteiger partial charge in [-0.05, 0) is 20.0 Å². The van der Waals surface area contributed by atoms with E-state index in [1.807, 2.05) is 32.8 Å². The molecule has 0 aliphatic rings. The molecule has 3 nitrogen and oxygen atoms in total. The van der Waals surface area contributed by atoms with Crippen LogP contribution in [0.3, 0.4) is 0 Å². The summed E-state index contributed by atoms with van der Waals surface area (Å²) in [6.45, 7) is 3.89. The summed E-state index contributed by atoms with van der Waals surface area (Å²) in [5.41, 5.74) is 0. The third kappa shape index (κ3) is 3.18. The SMILES string of the molecule is CC(C)C(O)C(CO)N(C)C. The minimum atomic E-state index is -0.449. The molecule has 2 N–H and O–H groups in total. The fraction of sp³-hybridized carbons (Fsp3) is 1.00. The predicted octanol–water partition coefficient (Wildman–Crippen LogP) is -0.0742. The van der Waals surface area contributed by atoms with Gasteiger partial charge in [0, 0.05) is 0 Å². The van der Waals surface area contributed by atoms with E-state index in [-0.39, 0.29) is 18.6 Å². The predicted molar refractivity (Wildman–Crippen MR) is 45.4 cm³/mol. The van der Waals surface area contributed by atoms with Crippen molar-refractivity contribution in [2.45, 2.75) is 26.0 Å². The number of likely N-dealkylation sites (N-methyl/N-ethyl adjacent to an activating group) is 1. The first kappa shape index (κ1) is 10.9. The second kappa shape index (κ2) is 4.70. The number of nitrogens with zero attached hydrogens (tertiary/aromatic N) is 1. The summed E-state index contributed by atoms with van der Waals surface area (Å²) >= 11 is 0. The van der Waals surface area contributed by atoms with Gasteiger partial charge in [-0.1, -0.05) is 13.8 Å². The Bertz CT molecular complexity index is 104. The molecule has 2 unspecified atom stereocenters. The lowest BCUT2D eigenvalue weighted by Gasteiger charge is -2.29. The number of aliphatic hydroxyl groups is 2. The highest BCUT2D eigenvalue weighted by atomic mass is 16.3. The summed E-state index contributed by atoms with van der Waals surface area (Å²) in [7, 11) is 3.71. The van der Waals surface area contributed by atoms with Crippen LogP contribution in [-0.4, -0.2) is 48.0 Å². The Hall–Kier alpha value is -0.120. The molecule has 0 fully saturated rings.